The number of phosphoric ester groups is 1. The van der Waals surface area contributed by atoms with Crippen molar-refractivity contribution >= 4 is 19.9 Å². The van der Waals surface area contributed by atoms with Crippen molar-refractivity contribution in [2.45, 2.75) is 19.6 Å². The average Bonchev–Trinajstić information content (AvgIpc) is 2.44. The maximum Gasteiger partial charge on any atom is 0.527 e. The van der Waals surface area contributed by atoms with Crippen LogP contribution in [-0.4, -0.2) is 28.9 Å². The minimum atomic E-state index is -4.84. The highest BCUT2D eigenvalue weighted by Crippen LogP contribution is 2.36. The Kier molecular flexibility index (Phi) is 7.23. The molecular formula is C13H18NO7P. The summed E-state index contributed by atoms with van der Waals surface area (Å²) < 4.78 is 19.2. The van der Waals surface area contributed by atoms with E-state index in [1.165, 1.54) is 6.92 Å². The largest absolute Gasteiger partial charge is 0.527 e. The SMILES string of the molecule is COC=Cc1ccc(CON[C@@H](C)C(=O)OP(=O)(O)O)cc1. The summed E-state index contributed by atoms with van der Waals surface area (Å²) in [4.78, 5) is 33.4. The lowest BCUT2D eigenvalue weighted by molar-refractivity contribution is -0.142. The van der Waals surface area contributed by atoms with E-state index in [4.69, 9.17) is 19.4 Å². The van der Waals surface area contributed by atoms with Gasteiger partial charge in [-0.3, -0.25) is 14.6 Å². The number of hydrogen-bond acceptors (Lipinski definition) is 6. The van der Waals surface area contributed by atoms with Crippen LogP contribution in [0.4, 0.5) is 0 Å². The Hall–Kier alpha value is -1.70. The second kappa shape index (κ2) is 8.67. The van der Waals surface area contributed by atoms with Gasteiger partial charge in [-0.05, 0) is 24.1 Å². The minimum absolute atomic E-state index is 0.168. The first-order chi connectivity index (χ1) is 10.3. The molecule has 22 heavy (non-hydrogen) atoms. The molecule has 9 heteroatoms. The summed E-state index contributed by atoms with van der Waals surface area (Å²) in [6.45, 7) is 1.53. The quantitative estimate of drug-likeness (QED) is 0.371. The maximum absolute atomic E-state index is 11.3. The van der Waals surface area contributed by atoms with E-state index in [1.807, 2.05) is 24.3 Å². The molecule has 1 aromatic rings. The third-order valence-corrected chi connectivity index (χ3v) is 2.86. The molecule has 0 saturated carbocycles. The molecule has 0 aromatic heterocycles. The fraction of sp³-hybridized carbons (Fsp3) is 0.308. The summed E-state index contributed by atoms with van der Waals surface area (Å²) in [5, 5.41) is 0. The summed E-state index contributed by atoms with van der Waals surface area (Å²) in [5.74, 6) is -1.10. The first kappa shape index (κ1) is 18.3. The van der Waals surface area contributed by atoms with E-state index in [9.17, 15) is 9.36 Å². The van der Waals surface area contributed by atoms with Crippen LogP contribution in [0.25, 0.3) is 6.08 Å². The molecule has 1 rings (SSSR count). The van der Waals surface area contributed by atoms with Gasteiger partial charge >= 0.3 is 13.8 Å². The lowest BCUT2D eigenvalue weighted by Gasteiger charge is -2.13. The van der Waals surface area contributed by atoms with Gasteiger partial charge in [0.15, 0.2) is 0 Å². The smallest absolute Gasteiger partial charge is 0.504 e. The molecule has 0 aliphatic rings. The zero-order valence-electron chi connectivity index (χ0n) is 12.1. The Labute approximate surface area is 127 Å². The van der Waals surface area contributed by atoms with Crippen LogP contribution < -0.4 is 5.48 Å². The highest BCUT2D eigenvalue weighted by molar-refractivity contribution is 7.46. The number of carbonyl (C=O) groups is 1. The summed E-state index contributed by atoms with van der Waals surface area (Å²) in [5.41, 5.74) is 4.15. The van der Waals surface area contributed by atoms with Crippen molar-refractivity contribution in [2.24, 2.45) is 0 Å². The van der Waals surface area contributed by atoms with Crippen LogP contribution in [0.5, 0.6) is 0 Å². The molecule has 0 heterocycles. The zero-order chi connectivity index (χ0) is 16.6. The molecule has 0 bridgehead atoms. The van der Waals surface area contributed by atoms with E-state index in [0.717, 1.165) is 11.1 Å². The topological polar surface area (TPSA) is 114 Å². The molecule has 0 spiro atoms. The summed E-state index contributed by atoms with van der Waals surface area (Å²) >= 11 is 0. The number of methoxy groups -OCH3 is 1. The van der Waals surface area contributed by atoms with E-state index >= 15 is 0 Å². The van der Waals surface area contributed by atoms with Crippen LogP contribution in [0.1, 0.15) is 18.1 Å². The van der Waals surface area contributed by atoms with Gasteiger partial charge in [0.1, 0.15) is 6.04 Å². The molecule has 8 nitrogen and oxygen atoms in total. The lowest BCUT2D eigenvalue weighted by atomic mass is 10.1. The van der Waals surface area contributed by atoms with Gasteiger partial charge in [-0.2, -0.15) is 5.48 Å². The molecule has 0 fully saturated rings. The van der Waals surface area contributed by atoms with Crippen LogP contribution in [0.15, 0.2) is 30.5 Å². The minimum Gasteiger partial charge on any atom is -0.504 e. The molecule has 0 amide bonds. The monoisotopic (exact) mass is 331 g/mol. The van der Waals surface area contributed by atoms with E-state index in [2.05, 4.69) is 10.0 Å². The number of carbonyl (C=O) groups excluding carboxylic acids is 1. The van der Waals surface area contributed by atoms with Crippen LogP contribution in [0.2, 0.25) is 0 Å². The molecule has 0 aliphatic carbocycles. The maximum atomic E-state index is 11.3. The van der Waals surface area contributed by atoms with Crippen molar-refractivity contribution in [3.8, 4) is 0 Å². The van der Waals surface area contributed by atoms with Gasteiger partial charge < -0.3 is 9.26 Å². The second-order valence-corrected chi connectivity index (χ2v) is 5.47. The van der Waals surface area contributed by atoms with Crippen LogP contribution in [-0.2, 0) is 30.1 Å². The Morgan fingerprint density at radius 2 is 2.00 bits per heavy atom. The Morgan fingerprint density at radius 3 is 2.55 bits per heavy atom. The number of ether oxygens (including phenoxy) is 1. The van der Waals surface area contributed by atoms with Gasteiger partial charge in [-0.25, -0.2) is 9.36 Å². The highest BCUT2D eigenvalue weighted by Gasteiger charge is 2.24. The zero-order valence-corrected chi connectivity index (χ0v) is 13.0. The molecule has 1 atom stereocenters. The summed E-state index contributed by atoms with van der Waals surface area (Å²) in [6.07, 6.45) is 3.35. The van der Waals surface area contributed by atoms with Gasteiger partial charge in [0.25, 0.3) is 0 Å². The van der Waals surface area contributed by atoms with Gasteiger partial charge in [0, 0.05) is 0 Å². The molecular weight excluding hydrogens is 313 g/mol. The van der Waals surface area contributed by atoms with Crippen LogP contribution >= 0.6 is 7.82 Å². The Bertz CT molecular complexity index is 552. The van der Waals surface area contributed by atoms with Gasteiger partial charge in [0.2, 0.25) is 0 Å². The van der Waals surface area contributed by atoms with Gasteiger partial charge in [0.05, 0.1) is 20.0 Å². The van der Waals surface area contributed by atoms with Crippen molar-refractivity contribution in [1.29, 1.82) is 0 Å². The predicted octanol–water partition coefficient (Wildman–Crippen LogP) is 1.35. The summed E-state index contributed by atoms with van der Waals surface area (Å²) in [7, 11) is -3.28. The van der Waals surface area contributed by atoms with Crippen molar-refractivity contribution in [1.82, 2.24) is 5.48 Å². The normalized spacial score (nSPS) is 13.1. The number of benzene rings is 1. The number of phosphoric acid groups is 1. The summed E-state index contributed by atoms with van der Waals surface area (Å²) in [6, 6.07) is 6.36. The van der Waals surface area contributed by atoms with E-state index in [-0.39, 0.29) is 6.61 Å². The molecule has 3 N–H and O–H groups in total. The predicted molar refractivity (Wildman–Crippen MR) is 78.0 cm³/mol. The van der Waals surface area contributed by atoms with Crippen LogP contribution in [0, 0.1) is 0 Å². The molecule has 122 valence electrons. The van der Waals surface area contributed by atoms with Crippen molar-refractivity contribution in [2.75, 3.05) is 7.11 Å². The standard InChI is InChI=1S/C13H18NO7P/c1-10(13(15)21-22(16,17)18)14-20-9-12-5-3-11(4-6-12)7-8-19-2/h3-8,10,14H,9H2,1-2H3,(H2,16,17,18)/t10-/m0/s1. The first-order valence-corrected chi connectivity index (χ1v) is 7.79. The highest BCUT2D eigenvalue weighted by atomic mass is 31.2. The van der Waals surface area contributed by atoms with Gasteiger partial charge in [-0.15, -0.1) is 0 Å². The Balaban J connectivity index is 2.39. The average molecular weight is 331 g/mol. The van der Waals surface area contributed by atoms with Crippen molar-refractivity contribution in [3.63, 3.8) is 0 Å². The first-order valence-electron chi connectivity index (χ1n) is 6.26. The molecule has 0 saturated heterocycles. The molecule has 0 radical (unpaired) electrons. The molecule has 0 aliphatic heterocycles. The van der Waals surface area contributed by atoms with Crippen molar-refractivity contribution in [3.05, 3.63) is 41.7 Å². The molecule has 1 aromatic carbocycles. The van der Waals surface area contributed by atoms with Gasteiger partial charge in [-0.1, -0.05) is 24.3 Å². The Morgan fingerprint density at radius 1 is 1.36 bits per heavy atom. The second-order valence-electron chi connectivity index (χ2n) is 4.31. The lowest BCUT2D eigenvalue weighted by Crippen LogP contribution is -2.34. The van der Waals surface area contributed by atoms with E-state index in [1.54, 1.807) is 19.4 Å². The van der Waals surface area contributed by atoms with E-state index in [0.29, 0.717) is 0 Å². The third-order valence-electron chi connectivity index (χ3n) is 2.44. The number of hydrogen-bond donors (Lipinski definition) is 3. The number of hydroxylamine groups is 1. The number of nitrogens with one attached hydrogen (secondary N) is 1. The van der Waals surface area contributed by atoms with Crippen LogP contribution in [0.3, 0.4) is 0 Å². The third kappa shape index (κ3) is 7.35. The molecule has 0 unspecified atom stereocenters. The van der Waals surface area contributed by atoms with Crippen molar-refractivity contribution < 1.29 is 33.2 Å². The fourth-order valence-electron chi connectivity index (χ4n) is 1.37. The fourth-order valence-corrected chi connectivity index (χ4v) is 1.76. The van der Waals surface area contributed by atoms with E-state index < -0.39 is 19.8 Å². The number of rotatable bonds is 8.